The third-order valence-corrected chi connectivity index (χ3v) is 6.70. The minimum absolute atomic E-state index is 0.147. The van der Waals surface area contributed by atoms with Gasteiger partial charge in [0.05, 0.1) is 5.75 Å². The zero-order valence-corrected chi connectivity index (χ0v) is 21.7. The van der Waals surface area contributed by atoms with Gasteiger partial charge in [0.2, 0.25) is 5.91 Å². The van der Waals surface area contributed by atoms with E-state index < -0.39 is 0 Å². The van der Waals surface area contributed by atoms with Crippen molar-refractivity contribution in [2.75, 3.05) is 11.1 Å². The normalized spacial score (nSPS) is 10.8. The van der Waals surface area contributed by atoms with Crippen LogP contribution >= 0.6 is 35.0 Å². The first-order valence-electron chi connectivity index (χ1n) is 11.3. The van der Waals surface area contributed by atoms with Crippen molar-refractivity contribution in [2.24, 2.45) is 0 Å². The Hall–Kier alpha value is -3.78. The summed E-state index contributed by atoms with van der Waals surface area (Å²) in [6.45, 7) is 0. The van der Waals surface area contributed by atoms with Crippen molar-refractivity contribution in [1.29, 1.82) is 0 Å². The molecule has 37 heavy (non-hydrogen) atoms. The van der Waals surface area contributed by atoms with E-state index in [9.17, 15) is 4.79 Å². The molecule has 0 radical (unpaired) electrons. The summed E-state index contributed by atoms with van der Waals surface area (Å²) in [5.41, 5.74) is 2.35. The first-order chi connectivity index (χ1) is 18.0. The van der Waals surface area contributed by atoms with Crippen LogP contribution in [-0.4, -0.2) is 26.4 Å². The molecule has 0 spiro atoms. The molecule has 0 saturated carbocycles. The fourth-order valence-corrected chi connectivity index (χ4v) is 4.53. The highest BCUT2D eigenvalue weighted by atomic mass is 35.5. The van der Waals surface area contributed by atoms with Crippen LogP contribution in [0.4, 0.5) is 5.69 Å². The molecular formula is C28H20Cl2N4O2S. The summed E-state index contributed by atoms with van der Waals surface area (Å²) in [6, 6.07) is 31.5. The summed E-state index contributed by atoms with van der Waals surface area (Å²) in [6.07, 6.45) is 0. The Bertz CT molecular complexity index is 1490. The highest BCUT2D eigenvalue weighted by Gasteiger charge is 2.17. The molecule has 5 rings (SSSR count). The van der Waals surface area contributed by atoms with Crippen molar-refractivity contribution in [3.8, 4) is 28.6 Å². The number of nitrogens with one attached hydrogen (secondary N) is 1. The molecule has 1 heterocycles. The molecule has 1 amide bonds. The Balaban J connectivity index is 1.29. The zero-order valence-electron chi connectivity index (χ0n) is 19.3. The minimum Gasteiger partial charge on any atom is -0.457 e. The molecule has 1 aromatic heterocycles. The molecule has 1 N–H and O–H groups in total. The maximum atomic E-state index is 12.7. The third-order valence-electron chi connectivity index (χ3n) is 5.27. The summed E-state index contributed by atoms with van der Waals surface area (Å²) in [4.78, 5) is 12.7. The fraction of sp³-hybridized carbons (Fsp3) is 0.0357. The average Bonchev–Trinajstić information content (AvgIpc) is 3.34. The molecule has 0 bridgehead atoms. The Morgan fingerprint density at radius 1 is 0.784 bits per heavy atom. The summed E-state index contributed by atoms with van der Waals surface area (Å²) in [7, 11) is 0. The molecule has 184 valence electrons. The van der Waals surface area contributed by atoms with Crippen LogP contribution in [0.5, 0.6) is 11.5 Å². The second-order valence-electron chi connectivity index (χ2n) is 7.90. The van der Waals surface area contributed by atoms with Gasteiger partial charge in [-0.25, -0.2) is 0 Å². The van der Waals surface area contributed by atoms with E-state index in [1.165, 1.54) is 11.8 Å². The van der Waals surface area contributed by atoms with E-state index >= 15 is 0 Å². The molecule has 0 unspecified atom stereocenters. The van der Waals surface area contributed by atoms with E-state index in [2.05, 4.69) is 15.5 Å². The highest BCUT2D eigenvalue weighted by molar-refractivity contribution is 7.99. The van der Waals surface area contributed by atoms with Gasteiger partial charge in [0.15, 0.2) is 11.0 Å². The van der Waals surface area contributed by atoms with E-state index in [1.807, 2.05) is 71.3 Å². The van der Waals surface area contributed by atoms with E-state index in [1.54, 1.807) is 36.4 Å². The van der Waals surface area contributed by atoms with Gasteiger partial charge < -0.3 is 10.1 Å². The molecule has 4 aromatic carbocycles. The van der Waals surface area contributed by atoms with Gasteiger partial charge in [0, 0.05) is 27.0 Å². The van der Waals surface area contributed by atoms with E-state index in [0.717, 1.165) is 17.0 Å². The lowest BCUT2D eigenvalue weighted by molar-refractivity contribution is -0.113. The second-order valence-corrected chi connectivity index (χ2v) is 9.72. The third kappa shape index (κ3) is 6.32. The number of anilines is 1. The van der Waals surface area contributed by atoms with Gasteiger partial charge >= 0.3 is 0 Å². The largest absolute Gasteiger partial charge is 0.457 e. The van der Waals surface area contributed by atoms with E-state index in [4.69, 9.17) is 27.9 Å². The fourth-order valence-electron chi connectivity index (χ4n) is 3.53. The first-order valence-corrected chi connectivity index (χ1v) is 13.0. The van der Waals surface area contributed by atoms with Crippen molar-refractivity contribution in [3.63, 3.8) is 0 Å². The molecule has 0 aliphatic carbocycles. The number of hydrogen-bond acceptors (Lipinski definition) is 5. The molecule has 0 aliphatic heterocycles. The van der Waals surface area contributed by atoms with Crippen molar-refractivity contribution in [3.05, 3.63) is 113 Å². The number of hydrogen-bond donors (Lipinski definition) is 1. The predicted octanol–water partition coefficient (Wildman–Crippen LogP) is 7.76. The lowest BCUT2D eigenvalue weighted by Gasteiger charge is -2.11. The number of amides is 1. The number of benzene rings is 4. The number of carbonyl (C=O) groups excluding carboxylic acids is 1. The summed E-state index contributed by atoms with van der Waals surface area (Å²) < 4.78 is 7.70. The lowest BCUT2D eigenvalue weighted by Crippen LogP contribution is -2.14. The summed E-state index contributed by atoms with van der Waals surface area (Å²) in [5.74, 6) is 2.05. The van der Waals surface area contributed by atoms with Gasteiger partial charge in [0.25, 0.3) is 0 Å². The highest BCUT2D eigenvalue weighted by Crippen LogP contribution is 2.30. The van der Waals surface area contributed by atoms with Crippen molar-refractivity contribution in [2.45, 2.75) is 5.16 Å². The number of aromatic nitrogens is 3. The Kier molecular flexibility index (Phi) is 7.75. The SMILES string of the molecule is O=C(CSc1nnc(-c2ccc(Cl)cc2)n1-c1ccc(Cl)cc1)Nc1ccc(Oc2ccccc2)cc1. The maximum absolute atomic E-state index is 12.7. The molecule has 6 nitrogen and oxygen atoms in total. The smallest absolute Gasteiger partial charge is 0.234 e. The second kappa shape index (κ2) is 11.5. The molecule has 0 atom stereocenters. The van der Waals surface area contributed by atoms with Gasteiger partial charge in [-0.1, -0.05) is 53.2 Å². The van der Waals surface area contributed by atoms with Crippen LogP contribution in [0.1, 0.15) is 0 Å². The first kappa shape index (κ1) is 24.9. The van der Waals surface area contributed by atoms with Gasteiger partial charge in [-0.15, -0.1) is 10.2 Å². The van der Waals surface area contributed by atoms with Crippen LogP contribution in [0.2, 0.25) is 10.0 Å². The minimum atomic E-state index is -0.166. The van der Waals surface area contributed by atoms with Gasteiger partial charge in [-0.3, -0.25) is 9.36 Å². The van der Waals surface area contributed by atoms with Gasteiger partial charge in [-0.2, -0.15) is 0 Å². The molecular weight excluding hydrogens is 527 g/mol. The van der Waals surface area contributed by atoms with Crippen molar-refractivity contribution in [1.82, 2.24) is 14.8 Å². The zero-order chi connectivity index (χ0) is 25.6. The predicted molar refractivity (Wildman–Crippen MR) is 149 cm³/mol. The molecule has 0 saturated heterocycles. The monoisotopic (exact) mass is 546 g/mol. The van der Waals surface area contributed by atoms with E-state index in [-0.39, 0.29) is 11.7 Å². The Labute approximate surface area is 228 Å². The molecule has 5 aromatic rings. The standard InChI is InChI=1S/C28H20Cl2N4O2S/c29-20-8-6-19(7-9-20)27-32-33-28(34(27)23-14-10-21(30)11-15-23)37-18-26(35)31-22-12-16-25(17-13-22)36-24-4-2-1-3-5-24/h1-17H,18H2,(H,31,35). The molecule has 9 heteroatoms. The maximum Gasteiger partial charge on any atom is 0.234 e. The number of para-hydroxylation sites is 1. The van der Waals surface area contributed by atoms with Crippen LogP contribution in [0.15, 0.2) is 108 Å². The average molecular weight is 547 g/mol. The Morgan fingerprint density at radius 2 is 1.41 bits per heavy atom. The van der Waals surface area contributed by atoms with Crippen LogP contribution in [0.25, 0.3) is 17.1 Å². The number of carbonyl (C=O) groups is 1. The number of thioether (sulfide) groups is 1. The number of ether oxygens (including phenoxy) is 1. The van der Waals surface area contributed by atoms with Crippen LogP contribution < -0.4 is 10.1 Å². The topological polar surface area (TPSA) is 69.0 Å². The van der Waals surface area contributed by atoms with Crippen molar-refractivity contribution >= 4 is 46.6 Å². The quantitative estimate of drug-likeness (QED) is 0.201. The van der Waals surface area contributed by atoms with Crippen molar-refractivity contribution < 1.29 is 9.53 Å². The lowest BCUT2D eigenvalue weighted by atomic mass is 10.2. The van der Waals surface area contributed by atoms with Gasteiger partial charge in [0.1, 0.15) is 11.5 Å². The molecule has 0 aliphatic rings. The summed E-state index contributed by atoms with van der Waals surface area (Å²) in [5, 5.41) is 13.5. The number of nitrogens with zero attached hydrogens (tertiary/aromatic N) is 3. The van der Waals surface area contributed by atoms with E-state index in [0.29, 0.717) is 32.5 Å². The number of rotatable bonds is 8. The number of halogens is 2. The van der Waals surface area contributed by atoms with Gasteiger partial charge in [-0.05, 0) is 84.9 Å². The van der Waals surface area contributed by atoms with Crippen LogP contribution in [0.3, 0.4) is 0 Å². The summed E-state index contributed by atoms with van der Waals surface area (Å²) >= 11 is 13.4. The molecule has 0 fully saturated rings. The Morgan fingerprint density at radius 3 is 2.08 bits per heavy atom. The van der Waals surface area contributed by atoms with Crippen LogP contribution in [0, 0.1) is 0 Å². The van der Waals surface area contributed by atoms with Crippen LogP contribution in [-0.2, 0) is 4.79 Å².